The van der Waals surface area contributed by atoms with E-state index in [4.69, 9.17) is 9.97 Å². The summed E-state index contributed by atoms with van der Waals surface area (Å²) in [6, 6.07) is 12.5. The fourth-order valence-electron chi connectivity index (χ4n) is 4.48. The summed E-state index contributed by atoms with van der Waals surface area (Å²) in [7, 11) is 1.91. The van der Waals surface area contributed by atoms with E-state index in [1.807, 2.05) is 54.8 Å². The van der Waals surface area contributed by atoms with Crippen molar-refractivity contribution in [2.75, 3.05) is 18.0 Å². The molecule has 1 aromatic carbocycles. The predicted molar refractivity (Wildman–Crippen MR) is 126 cm³/mol. The second-order valence-corrected chi connectivity index (χ2v) is 8.58. The zero-order valence-electron chi connectivity index (χ0n) is 18.4. The Morgan fingerprint density at radius 3 is 2.48 bits per heavy atom. The second-order valence-electron chi connectivity index (χ2n) is 8.58. The summed E-state index contributed by atoms with van der Waals surface area (Å²) >= 11 is 0. The van der Waals surface area contributed by atoms with Gasteiger partial charge in [-0.2, -0.15) is 14.7 Å². The van der Waals surface area contributed by atoms with Crippen LogP contribution < -0.4 is 4.90 Å². The second kappa shape index (κ2) is 8.12. The molecule has 5 heterocycles. The van der Waals surface area contributed by atoms with E-state index in [1.54, 1.807) is 4.68 Å². The minimum absolute atomic E-state index is 0.302. The van der Waals surface area contributed by atoms with Crippen molar-refractivity contribution in [3.05, 3.63) is 90.5 Å². The van der Waals surface area contributed by atoms with Crippen molar-refractivity contribution in [2.45, 2.75) is 18.8 Å². The average molecular weight is 437 g/mol. The van der Waals surface area contributed by atoms with E-state index in [0.29, 0.717) is 5.92 Å². The zero-order chi connectivity index (χ0) is 22.2. The summed E-state index contributed by atoms with van der Waals surface area (Å²) in [6.07, 6.45) is 13.4. The maximum Gasteiger partial charge on any atom is 0.156 e. The quantitative estimate of drug-likeness (QED) is 0.420. The van der Waals surface area contributed by atoms with E-state index >= 15 is 0 Å². The maximum atomic E-state index is 4.70. The SMILES string of the molecule is Cn1cc(-c2cnn3c(N4CCC(c5ncc(Cc6ccccc6)cn5)C4)cnc3c2)cn1. The van der Waals surface area contributed by atoms with Gasteiger partial charge in [-0.25, -0.2) is 15.0 Å². The fraction of sp³-hybridized carbons (Fsp3) is 0.240. The predicted octanol–water partition coefficient (Wildman–Crippen LogP) is 3.50. The van der Waals surface area contributed by atoms with Gasteiger partial charge in [0.1, 0.15) is 5.82 Å². The smallest absolute Gasteiger partial charge is 0.156 e. The molecule has 1 saturated heterocycles. The van der Waals surface area contributed by atoms with Crippen LogP contribution in [0.5, 0.6) is 0 Å². The number of hydrogen-bond acceptors (Lipinski definition) is 6. The Morgan fingerprint density at radius 1 is 0.879 bits per heavy atom. The van der Waals surface area contributed by atoms with Crippen LogP contribution in [-0.4, -0.2) is 47.4 Å². The average Bonchev–Trinajstić information content (AvgIpc) is 3.59. The summed E-state index contributed by atoms with van der Waals surface area (Å²) in [5.41, 5.74) is 5.28. The first-order valence-corrected chi connectivity index (χ1v) is 11.2. The third-order valence-corrected chi connectivity index (χ3v) is 6.24. The van der Waals surface area contributed by atoms with Crippen molar-refractivity contribution >= 4 is 11.5 Å². The molecule has 164 valence electrons. The highest BCUT2D eigenvalue weighted by Crippen LogP contribution is 2.30. The summed E-state index contributed by atoms with van der Waals surface area (Å²) in [5.74, 6) is 2.22. The van der Waals surface area contributed by atoms with Crippen LogP contribution >= 0.6 is 0 Å². The summed E-state index contributed by atoms with van der Waals surface area (Å²) in [5, 5.41) is 8.91. The third-order valence-electron chi connectivity index (χ3n) is 6.24. The number of benzene rings is 1. The molecular weight excluding hydrogens is 412 g/mol. The molecule has 1 unspecified atom stereocenters. The molecule has 8 heteroatoms. The standard InChI is InChI=1S/C25H24N8/c1-31-16-22(14-29-31)21-10-23-26-15-24(33(23)30-13-21)32-8-7-20(17-32)25-27-11-19(12-28-25)9-18-5-3-2-4-6-18/h2-6,10-16,20H,7-9,17H2,1H3. The monoisotopic (exact) mass is 436 g/mol. The lowest BCUT2D eigenvalue weighted by molar-refractivity contribution is 0.704. The molecular formula is C25H24N8. The molecule has 8 nitrogen and oxygen atoms in total. The number of anilines is 1. The van der Waals surface area contributed by atoms with Gasteiger partial charge in [0.15, 0.2) is 11.5 Å². The normalized spacial score (nSPS) is 16.0. The van der Waals surface area contributed by atoms with Gasteiger partial charge >= 0.3 is 0 Å². The third kappa shape index (κ3) is 3.84. The largest absolute Gasteiger partial charge is 0.354 e. The molecule has 4 aromatic heterocycles. The van der Waals surface area contributed by atoms with Crippen LogP contribution in [0, 0.1) is 0 Å². The Labute approximate surface area is 191 Å². The molecule has 5 aromatic rings. The van der Waals surface area contributed by atoms with Crippen molar-refractivity contribution < 1.29 is 0 Å². The van der Waals surface area contributed by atoms with E-state index in [2.05, 4.69) is 50.4 Å². The number of fused-ring (bicyclic) bond motifs is 1. The van der Waals surface area contributed by atoms with Crippen molar-refractivity contribution in [3.63, 3.8) is 0 Å². The highest BCUT2D eigenvalue weighted by Gasteiger charge is 2.28. The number of aryl methyl sites for hydroxylation is 1. The zero-order valence-corrected chi connectivity index (χ0v) is 18.4. The highest BCUT2D eigenvalue weighted by atomic mass is 15.4. The van der Waals surface area contributed by atoms with Crippen LogP contribution in [0.2, 0.25) is 0 Å². The molecule has 6 rings (SSSR count). The molecule has 1 aliphatic heterocycles. The van der Waals surface area contributed by atoms with Gasteiger partial charge in [0.25, 0.3) is 0 Å². The first-order valence-electron chi connectivity index (χ1n) is 11.2. The van der Waals surface area contributed by atoms with Crippen molar-refractivity contribution in [2.24, 2.45) is 7.05 Å². The molecule has 0 amide bonds. The summed E-state index contributed by atoms with van der Waals surface area (Å²) < 4.78 is 3.70. The highest BCUT2D eigenvalue weighted by molar-refractivity contribution is 5.66. The molecule has 0 radical (unpaired) electrons. The molecule has 1 atom stereocenters. The minimum atomic E-state index is 0.302. The van der Waals surface area contributed by atoms with Crippen LogP contribution in [0.3, 0.4) is 0 Å². The molecule has 0 saturated carbocycles. The van der Waals surface area contributed by atoms with Gasteiger partial charge in [0, 0.05) is 62.2 Å². The van der Waals surface area contributed by atoms with Crippen LogP contribution in [0.1, 0.15) is 29.3 Å². The van der Waals surface area contributed by atoms with Crippen molar-refractivity contribution in [1.82, 2.24) is 34.3 Å². The lowest BCUT2D eigenvalue weighted by atomic mass is 10.1. The van der Waals surface area contributed by atoms with Crippen LogP contribution in [0.4, 0.5) is 5.82 Å². The Morgan fingerprint density at radius 2 is 1.70 bits per heavy atom. The molecule has 1 aliphatic rings. The Hall–Kier alpha value is -4.07. The Balaban J connectivity index is 1.17. The van der Waals surface area contributed by atoms with Gasteiger partial charge in [-0.15, -0.1) is 0 Å². The van der Waals surface area contributed by atoms with E-state index in [1.165, 1.54) is 5.56 Å². The maximum absolute atomic E-state index is 4.70. The van der Waals surface area contributed by atoms with E-state index in [-0.39, 0.29) is 0 Å². The van der Waals surface area contributed by atoms with Gasteiger partial charge in [-0.05, 0) is 23.6 Å². The molecule has 33 heavy (non-hydrogen) atoms. The van der Waals surface area contributed by atoms with Crippen molar-refractivity contribution in [1.29, 1.82) is 0 Å². The van der Waals surface area contributed by atoms with Crippen LogP contribution in [0.25, 0.3) is 16.8 Å². The summed E-state index contributed by atoms with van der Waals surface area (Å²) in [6.45, 7) is 1.79. The molecule has 0 spiro atoms. The van der Waals surface area contributed by atoms with Crippen molar-refractivity contribution in [3.8, 4) is 11.1 Å². The molecule has 0 N–H and O–H groups in total. The van der Waals surface area contributed by atoms with Gasteiger partial charge in [-0.1, -0.05) is 30.3 Å². The first-order chi connectivity index (χ1) is 16.2. The number of rotatable bonds is 5. The molecule has 0 bridgehead atoms. The molecule has 0 aliphatic carbocycles. The number of aromatic nitrogens is 7. The fourth-order valence-corrected chi connectivity index (χ4v) is 4.48. The Bertz CT molecular complexity index is 1390. The summed E-state index contributed by atoms with van der Waals surface area (Å²) in [4.78, 5) is 16.3. The minimum Gasteiger partial charge on any atom is -0.354 e. The van der Waals surface area contributed by atoms with Gasteiger partial charge in [-0.3, -0.25) is 4.68 Å². The number of imidazole rings is 1. The Kier molecular flexibility index (Phi) is 4.83. The van der Waals surface area contributed by atoms with E-state index in [9.17, 15) is 0 Å². The van der Waals surface area contributed by atoms with Crippen LogP contribution in [-0.2, 0) is 13.5 Å². The van der Waals surface area contributed by atoms with E-state index in [0.717, 1.165) is 59.9 Å². The van der Waals surface area contributed by atoms with Gasteiger partial charge in [0.05, 0.1) is 18.6 Å². The lowest BCUT2D eigenvalue weighted by Gasteiger charge is -2.17. The number of hydrogen-bond donors (Lipinski definition) is 0. The molecule has 1 fully saturated rings. The van der Waals surface area contributed by atoms with Crippen LogP contribution in [0.15, 0.2) is 73.6 Å². The first kappa shape index (κ1) is 19.6. The van der Waals surface area contributed by atoms with E-state index < -0.39 is 0 Å². The van der Waals surface area contributed by atoms with Gasteiger partial charge in [0.2, 0.25) is 0 Å². The lowest BCUT2D eigenvalue weighted by Crippen LogP contribution is -2.21. The number of nitrogens with zero attached hydrogens (tertiary/aromatic N) is 8. The van der Waals surface area contributed by atoms with Gasteiger partial charge < -0.3 is 4.90 Å². The topological polar surface area (TPSA) is 77.0 Å².